The molecule has 0 spiro atoms. The van der Waals surface area contributed by atoms with Crippen molar-refractivity contribution < 1.29 is 9.66 Å². The Labute approximate surface area is 119 Å². The molecule has 7 heteroatoms. The van der Waals surface area contributed by atoms with Crippen molar-refractivity contribution in [3.63, 3.8) is 0 Å². The van der Waals surface area contributed by atoms with E-state index in [1.54, 1.807) is 6.07 Å². The first-order valence-corrected chi connectivity index (χ1v) is 7.34. The lowest BCUT2D eigenvalue weighted by atomic mass is 10.2. The molecule has 1 aromatic heterocycles. The van der Waals surface area contributed by atoms with Crippen LogP contribution in [0.2, 0.25) is 0 Å². The number of nitrogens with zero attached hydrogens (tertiary/aromatic N) is 2. The number of nitrogens with two attached hydrogens (primary N) is 1. The summed E-state index contributed by atoms with van der Waals surface area (Å²) in [5.41, 5.74) is 6.68. The molecule has 106 valence electrons. The van der Waals surface area contributed by atoms with Crippen LogP contribution in [0.1, 0.15) is 24.3 Å². The average Bonchev–Trinajstić information content (AvgIpc) is 2.93. The maximum atomic E-state index is 11.2. The van der Waals surface area contributed by atoms with Gasteiger partial charge in [0, 0.05) is 18.2 Å². The quantitative estimate of drug-likeness (QED) is 0.694. The number of aryl methyl sites for hydroxylation is 1. The van der Waals surface area contributed by atoms with Crippen molar-refractivity contribution in [2.45, 2.75) is 38.3 Å². The molecule has 0 radical (unpaired) electrons. The number of ether oxygens (including phenoxy) is 1. The van der Waals surface area contributed by atoms with Gasteiger partial charge in [-0.05, 0) is 26.2 Å². The number of nitro benzene ring substituents is 1. The van der Waals surface area contributed by atoms with E-state index in [2.05, 4.69) is 4.98 Å². The van der Waals surface area contributed by atoms with E-state index in [-0.39, 0.29) is 23.6 Å². The molecule has 1 fully saturated rings. The summed E-state index contributed by atoms with van der Waals surface area (Å²) in [7, 11) is 0. The van der Waals surface area contributed by atoms with Crippen molar-refractivity contribution >= 4 is 27.2 Å². The van der Waals surface area contributed by atoms with Crippen LogP contribution in [0.3, 0.4) is 0 Å². The molecule has 1 saturated carbocycles. The molecule has 1 heterocycles. The fourth-order valence-corrected chi connectivity index (χ4v) is 3.40. The topological polar surface area (TPSA) is 91.3 Å². The molecule has 0 saturated heterocycles. The number of rotatable bonds is 3. The first-order valence-electron chi connectivity index (χ1n) is 6.52. The highest BCUT2D eigenvalue weighted by atomic mass is 32.1. The normalized spacial score (nSPS) is 22.3. The van der Waals surface area contributed by atoms with Crippen LogP contribution < -0.4 is 10.5 Å². The van der Waals surface area contributed by atoms with E-state index in [0.29, 0.717) is 0 Å². The summed E-state index contributed by atoms with van der Waals surface area (Å²) in [6.45, 7) is 1.88. The summed E-state index contributed by atoms with van der Waals surface area (Å²) < 4.78 is 6.60. The maximum absolute atomic E-state index is 11.2. The Kier molecular flexibility index (Phi) is 3.31. The van der Waals surface area contributed by atoms with Gasteiger partial charge in [-0.15, -0.1) is 11.3 Å². The molecule has 6 nitrogen and oxygen atoms in total. The Hall–Kier alpha value is -1.73. The molecule has 1 aliphatic rings. The highest BCUT2D eigenvalue weighted by Gasteiger charge is 2.28. The van der Waals surface area contributed by atoms with Gasteiger partial charge in [0.25, 0.3) is 0 Å². The SMILES string of the molecule is Cc1nc2cc(OC3CCCC3N)c([N+](=O)[O-])cc2s1. The number of hydrogen-bond acceptors (Lipinski definition) is 6. The van der Waals surface area contributed by atoms with Crippen LogP contribution in [0, 0.1) is 17.0 Å². The molecule has 2 atom stereocenters. The zero-order chi connectivity index (χ0) is 14.3. The third-order valence-corrected chi connectivity index (χ3v) is 4.49. The highest BCUT2D eigenvalue weighted by Crippen LogP contribution is 2.36. The third kappa shape index (κ3) is 2.34. The molecule has 2 unspecified atom stereocenters. The lowest BCUT2D eigenvalue weighted by Gasteiger charge is -2.17. The van der Waals surface area contributed by atoms with Gasteiger partial charge in [-0.2, -0.15) is 0 Å². The van der Waals surface area contributed by atoms with E-state index >= 15 is 0 Å². The summed E-state index contributed by atoms with van der Waals surface area (Å²) in [4.78, 5) is 15.1. The molecule has 0 aliphatic heterocycles. The number of thiazole rings is 1. The van der Waals surface area contributed by atoms with E-state index in [9.17, 15) is 10.1 Å². The Morgan fingerprint density at radius 1 is 1.50 bits per heavy atom. The van der Waals surface area contributed by atoms with E-state index in [1.807, 2.05) is 6.92 Å². The number of fused-ring (bicyclic) bond motifs is 1. The Bertz CT molecular complexity index is 670. The number of nitro groups is 1. The number of aromatic nitrogens is 1. The van der Waals surface area contributed by atoms with Gasteiger partial charge in [0.1, 0.15) is 6.10 Å². The molecule has 0 bridgehead atoms. The lowest BCUT2D eigenvalue weighted by Crippen LogP contribution is -2.33. The van der Waals surface area contributed by atoms with Crippen LogP contribution in [-0.2, 0) is 0 Å². The Balaban J connectivity index is 2.02. The Morgan fingerprint density at radius 2 is 2.30 bits per heavy atom. The van der Waals surface area contributed by atoms with Crippen LogP contribution in [0.25, 0.3) is 10.2 Å². The molecule has 2 aromatic rings. The Morgan fingerprint density at radius 3 is 2.95 bits per heavy atom. The second-order valence-corrected chi connectivity index (χ2v) is 6.26. The zero-order valence-electron chi connectivity index (χ0n) is 11.0. The summed E-state index contributed by atoms with van der Waals surface area (Å²) in [5.74, 6) is 0.273. The van der Waals surface area contributed by atoms with Crippen LogP contribution >= 0.6 is 11.3 Å². The van der Waals surface area contributed by atoms with Gasteiger partial charge < -0.3 is 10.5 Å². The molecule has 3 rings (SSSR count). The van der Waals surface area contributed by atoms with Crippen LogP contribution in [0.15, 0.2) is 12.1 Å². The fourth-order valence-electron chi connectivity index (χ4n) is 2.56. The molecular weight excluding hydrogens is 278 g/mol. The maximum Gasteiger partial charge on any atom is 0.312 e. The smallest absolute Gasteiger partial charge is 0.312 e. The van der Waals surface area contributed by atoms with E-state index in [1.165, 1.54) is 17.4 Å². The van der Waals surface area contributed by atoms with Crippen LogP contribution in [0.4, 0.5) is 5.69 Å². The minimum atomic E-state index is -0.412. The van der Waals surface area contributed by atoms with Gasteiger partial charge >= 0.3 is 5.69 Å². The van der Waals surface area contributed by atoms with Gasteiger partial charge in [-0.3, -0.25) is 10.1 Å². The molecular formula is C13H15N3O3S. The predicted octanol–water partition coefficient (Wildman–Crippen LogP) is 2.77. The number of benzene rings is 1. The first kappa shape index (κ1) is 13.3. The molecule has 2 N–H and O–H groups in total. The van der Waals surface area contributed by atoms with Gasteiger partial charge in [-0.25, -0.2) is 4.98 Å². The second-order valence-electron chi connectivity index (χ2n) is 5.03. The van der Waals surface area contributed by atoms with Gasteiger partial charge in [0.15, 0.2) is 5.75 Å². The van der Waals surface area contributed by atoms with Crippen molar-refractivity contribution in [3.8, 4) is 5.75 Å². The minimum Gasteiger partial charge on any atom is -0.482 e. The van der Waals surface area contributed by atoms with Gasteiger partial charge in [0.2, 0.25) is 0 Å². The average molecular weight is 293 g/mol. The molecule has 1 aliphatic carbocycles. The highest BCUT2D eigenvalue weighted by molar-refractivity contribution is 7.18. The van der Waals surface area contributed by atoms with Crippen LogP contribution in [0.5, 0.6) is 5.75 Å². The summed E-state index contributed by atoms with van der Waals surface area (Å²) >= 11 is 1.44. The fraction of sp³-hybridized carbons (Fsp3) is 0.462. The van der Waals surface area contributed by atoms with Crippen molar-refractivity contribution in [1.29, 1.82) is 0 Å². The lowest BCUT2D eigenvalue weighted by molar-refractivity contribution is -0.385. The van der Waals surface area contributed by atoms with Crippen molar-refractivity contribution in [1.82, 2.24) is 4.98 Å². The number of hydrogen-bond donors (Lipinski definition) is 1. The molecule has 0 amide bonds. The van der Waals surface area contributed by atoms with Gasteiger partial charge in [-0.1, -0.05) is 0 Å². The van der Waals surface area contributed by atoms with Crippen LogP contribution in [-0.4, -0.2) is 22.1 Å². The van der Waals surface area contributed by atoms with Gasteiger partial charge in [0.05, 0.1) is 20.1 Å². The summed E-state index contributed by atoms with van der Waals surface area (Å²) in [6, 6.07) is 3.14. The summed E-state index contributed by atoms with van der Waals surface area (Å²) in [6.07, 6.45) is 2.59. The monoisotopic (exact) mass is 293 g/mol. The van der Waals surface area contributed by atoms with E-state index in [0.717, 1.165) is 34.5 Å². The van der Waals surface area contributed by atoms with E-state index in [4.69, 9.17) is 10.5 Å². The zero-order valence-corrected chi connectivity index (χ0v) is 11.9. The van der Waals surface area contributed by atoms with Crippen molar-refractivity contribution in [3.05, 3.63) is 27.3 Å². The molecule has 1 aromatic carbocycles. The summed E-state index contributed by atoms with van der Waals surface area (Å²) in [5, 5.41) is 12.1. The van der Waals surface area contributed by atoms with Crippen molar-refractivity contribution in [2.75, 3.05) is 0 Å². The molecule has 20 heavy (non-hydrogen) atoms. The first-order chi connectivity index (χ1) is 9.54. The standard InChI is InChI=1S/C13H15N3O3S/c1-7-15-9-5-12(19-11-4-2-3-8(11)14)10(16(17)18)6-13(9)20-7/h5-6,8,11H,2-4,14H2,1H3. The third-order valence-electron chi connectivity index (χ3n) is 3.55. The largest absolute Gasteiger partial charge is 0.482 e. The van der Waals surface area contributed by atoms with E-state index < -0.39 is 4.92 Å². The minimum absolute atomic E-state index is 0.0137. The second kappa shape index (κ2) is 4.99. The van der Waals surface area contributed by atoms with Crippen molar-refractivity contribution in [2.24, 2.45) is 5.73 Å². The predicted molar refractivity (Wildman–Crippen MR) is 77.3 cm³/mol.